The van der Waals surface area contributed by atoms with Crippen molar-refractivity contribution in [3.63, 3.8) is 0 Å². The van der Waals surface area contributed by atoms with Gasteiger partial charge in [-0.25, -0.2) is 0 Å². The molecule has 0 aliphatic rings. The summed E-state index contributed by atoms with van der Waals surface area (Å²) in [6, 6.07) is 14.7. The minimum atomic E-state index is -3.93. The van der Waals surface area contributed by atoms with Crippen molar-refractivity contribution >= 4 is 28.0 Å². The van der Waals surface area contributed by atoms with Gasteiger partial charge in [-0.1, -0.05) is 64.5 Å². The Hall–Kier alpha value is -2.18. The normalized spacial score (nSPS) is 11.9. The summed E-state index contributed by atoms with van der Waals surface area (Å²) in [5, 5.41) is 0. The molecule has 1 aromatic carbocycles. The average molecular weight is 488 g/mol. The number of hydrogen-bond donors (Lipinski definition) is 1. The van der Waals surface area contributed by atoms with Crippen molar-refractivity contribution in [1.29, 1.82) is 0 Å². The number of anilines is 1. The van der Waals surface area contributed by atoms with E-state index in [1.165, 1.54) is 57.1 Å². The number of nitrogens with zero attached hydrogens (tertiary/aromatic N) is 2. The summed E-state index contributed by atoms with van der Waals surface area (Å²) in [6.07, 6.45) is 16.7. The van der Waals surface area contributed by atoms with Gasteiger partial charge in [-0.15, -0.1) is 0 Å². The summed E-state index contributed by atoms with van der Waals surface area (Å²) in [5.74, 6) is -0.229. The van der Waals surface area contributed by atoms with Crippen LogP contribution in [0.1, 0.15) is 82.9 Å². The minimum absolute atomic E-state index is 0.229. The molecule has 0 atom stereocenters. The fourth-order valence-corrected chi connectivity index (χ4v) is 4.56. The van der Waals surface area contributed by atoms with Gasteiger partial charge >= 0.3 is 0 Å². The van der Waals surface area contributed by atoms with Gasteiger partial charge < -0.3 is 4.90 Å². The predicted octanol–water partition coefficient (Wildman–Crippen LogP) is 6.39. The van der Waals surface area contributed by atoms with Gasteiger partial charge in [-0.05, 0) is 42.7 Å². The van der Waals surface area contributed by atoms with Gasteiger partial charge in [0.15, 0.2) is 6.20 Å². The minimum Gasteiger partial charge on any atom is -0.372 e. The highest BCUT2D eigenvalue weighted by atomic mass is 32.2. The third kappa shape index (κ3) is 11.3. The predicted molar refractivity (Wildman–Crippen MR) is 144 cm³/mol. The van der Waals surface area contributed by atoms with Crippen LogP contribution in [0.4, 0.5) is 5.69 Å². The molecule has 1 aromatic heterocycles. The Labute approximate surface area is 207 Å². The van der Waals surface area contributed by atoms with E-state index in [1.54, 1.807) is 0 Å². The van der Waals surface area contributed by atoms with Gasteiger partial charge in [0.25, 0.3) is 10.1 Å². The highest BCUT2D eigenvalue weighted by Crippen LogP contribution is 2.19. The van der Waals surface area contributed by atoms with Crippen LogP contribution in [-0.2, 0) is 16.7 Å². The maximum Gasteiger partial charge on any atom is 0.265 e. The van der Waals surface area contributed by atoms with Crippen LogP contribution in [0, 0.1) is 0 Å². The van der Waals surface area contributed by atoms with E-state index >= 15 is 0 Å². The monoisotopic (exact) mass is 487 g/mol. The highest BCUT2D eigenvalue weighted by molar-refractivity contribution is 7.85. The molecule has 0 bridgehead atoms. The van der Waals surface area contributed by atoms with E-state index < -0.39 is 10.1 Å². The van der Waals surface area contributed by atoms with Gasteiger partial charge in [0.1, 0.15) is 6.54 Å². The molecule has 1 heterocycles. The zero-order valence-electron chi connectivity index (χ0n) is 21.0. The number of aromatic nitrogens is 1. The van der Waals surface area contributed by atoms with Crippen molar-refractivity contribution in [3.8, 4) is 0 Å². The second kappa shape index (κ2) is 15.7. The molecule has 0 aliphatic heterocycles. The largest absolute Gasteiger partial charge is 0.372 e. The number of pyridine rings is 1. The molecule has 5 nitrogen and oxygen atoms in total. The van der Waals surface area contributed by atoms with E-state index in [9.17, 15) is 8.42 Å². The Morgan fingerprint density at radius 2 is 1.47 bits per heavy atom. The highest BCUT2D eigenvalue weighted by Gasteiger charge is 2.10. The van der Waals surface area contributed by atoms with Gasteiger partial charge in [-0.2, -0.15) is 13.0 Å². The Balaban J connectivity index is 2.02. The van der Waals surface area contributed by atoms with Gasteiger partial charge in [0.2, 0.25) is 5.69 Å². The topological polar surface area (TPSA) is 61.5 Å². The van der Waals surface area contributed by atoms with Crippen LogP contribution in [0.25, 0.3) is 12.2 Å². The van der Waals surface area contributed by atoms with Crippen molar-refractivity contribution in [2.75, 3.05) is 23.7 Å². The lowest BCUT2D eigenvalue weighted by atomic mass is 10.1. The summed E-state index contributed by atoms with van der Waals surface area (Å²) in [6.45, 7) is 7.28. The van der Waals surface area contributed by atoms with Crippen LogP contribution in [0.3, 0.4) is 0 Å². The zero-order chi connectivity index (χ0) is 24.7. The van der Waals surface area contributed by atoms with Crippen LogP contribution < -0.4 is 9.47 Å². The first-order chi connectivity index (χ1) is 16.4. The number of aryl methyl sites for hydroxylation is 1. The maximum atomic E-state index is 11.0. The van der Waals surface area contributed by atoms with Gasteiger partial charge in [0, 0.05) is 43.4 Å². The van der Waals surface area contributed by atoms with E-state index in [0.717, 1.165) is 24.3 Å². The van der Waals surface area contributed by atoms with Crippen LogP contribution >= 0.6 is 0 Å². The number of rotatable bonds is 17. The molecule has 2 rings (SSSR count). The van der Waals surface area contributed by atoms with Crippen LogP contribution in [0.5, 0.6) is 0 Å². The van der Waals surface area contributed by atoms with E-state index in [1.807, 2.05) is 29.0 Å². The smallest absolute Gasteiger partial charge is 0.265 e. The molecule has 0 radical (unpaired) electrons. The second-order valence-electron chi connectivity index (χ2n) is 8.99. The number of benzene rings is 1. The molecular weight excluding hydrogens is 444 g/mol. The van der Waals surface area contributed by atoms with Gasteiger partial charge in [-0.3, -0.25) is 4.55 Å². The molecule has 0 spiro atoms. The lowest BCUT2D eigenvalue weighted by Crippen LogP contribution is -2.37. The van der Waals surface area contributed by atoms with E-state index in [0.29, 0.717) is 13.0 Å². The molecule has 2 aromatic rings. The first-order valence-electron chi connectivity index (χ1n) is 12.9. The molecule has 0 fully saturated rings. The molecular formula is C28H43N2O3S+. The fraction of sp³-hybridized carbons (Fsp3) is 0.536. The van der Waals surface area contributed by atoms with Crippen molar-refractivity contribution in [2.45, 2.75) is 78.2 Å². The summed E-state index contributed by atoms with van der Waals surface area (Å²) in [4.78, 5) is 2.54. The number of unbranched alkanes of at least 4 members (excludes halogenated alkanes) is 6. The molecule has 0 saturated heterocycles. The molecule has 188 valence electrons. The maximum absolute atomic E-state index is 11.0. The lowest BCUT2D eigenvalue weighted by molar-refractivity contribution is -0.698. The quantitative estimate of drug-likeness (QED) is 0.160. The van der Waals surface area contributed by atoms with Crippen molar-refractivity contribution in [3.05, 3.63) is 59.9 Å². The van der Waals surface area contributed by atoms with E-state index in [4.69, 9.17) is 4.55 Å². The van der Waals surface area contributed by atoms with E-state index in [2.05, 4.69) is 55.2 Å². The van der Waals surface area contributed by atoms with Crippen molar-refractivity contribution in [2.24, 2.45) is 0 Å². The Morgan fingerprint density at radius 3 is 2.06 bits per heavy atom. The third-order valence-corrected chi connectivity index (χ3v) is 6.85. The molecule has 0 saturated carbocycles. The number of hydrogen-bond acceptors (Lipinski definition) is 3. The fourth-order valence-electron chi connectivity index (χ4n) is 4.07. The van der Waals surface area contributed by atoms with Gasteiger partial charge in [0.05, 0.1) is 5.75 Å². The van der Waals surface area contributed by atoms with E-state index in [-0.39, 0.29) is 5.75 Å². The molecule has 6 heteroatoms. The Bertz CT molecular complexity index is 944. The molecule has 0 unspecified atom stereocenters. The average Bonchev–Trinajstić information content (AvgIpc) is 2.82. The summed E-state index contributed by atoms with van der Waals surface area (Å²) in [5.41, 5.74) is 3.43. The first kappa shape index (κ1) is 28.1. The lowest BCUT2D eigenvalue weighted by Gasteiger charge is -2.25. The Kier molecular flexibility index (Phi) is 12.9. The summed E-state index contributed by atoms with van der Waals surface area (Å²) >= 11 is 0. The van der Waals surface area contributed by atoms with Crippen LogP contribution in [0.2, 0.25) is 0 Å². The second-order valence-corrected chi connectivity index (χ2v) is 10.6. The SMILES string of the molecule is CCCCCCN(CCCCCC)c1ccc(/C=C/c2cccc[n+]2CCCS(=O)(=O)O)cc1. The summed E-state index contributed by atoms with van der Waals surface area (Å²) in [7, 11) is -3.93. The standard InChI is InChI=1S/C28H42N2O3S/c1-3-5-7-10-21-29(22-11-8-6-4-2)28-19-16-26(17-20-28)15-18-27-14-9-12-23-30(27)24-13-25-34(31,32)33/h9,12,14-20,23H,3-8,10-11,13,21-22,24-25H2,1-2H3/p+1. The Morgan fingerprint density at radius 1 is 0.824 bits per heavy atom. The van der Waals surface area contributed by atoms with Crippen LogP contribution in [0.15, 0.2) is 48.7 Å². The zero-order valence-corrected chi connectivity index (χ0v) is 21.8. The van der Waals surface area contributed by atoms with Crippen molar-refractivity contribution in [1.82, 2.24) is 0 Å². The van der Waals surface area contributed by atoms with Crippen LogP contribution in [-0.4, -0.2) is 31.8 Å². The summed E-state index contributed by atoms with van der Waals surface area (Å²) < 4.78 is 33.0. The molecule has 1 N–H and O–H groups in total. The van der Waals surface area contributed by atoms with Crippen molar-refractivity contribution < 1.29 is 17.5 Å². The molecule has 0 aliphatic carbocycles. The molecule has 34 heavy (non-hydrogen) atoms. The first-order valence-corrected chi connectivity index (χ1v) is 14.5. The molecule has 0 amide bonds. The third-order valence-electron chi connectivity index (χ3n) is 6.05.